The molecule has 5 nitrogen and oxygen atoms in total. The standard InChI is InChI=1S/C21H19NO4S/c1-25-17-10-6-9-16(20(17)26-2)21(24)22-13-15-11-12-18(27-15)19(23)14-7-4-3-5-8-14/h3-12H,13H2,1-2H3,(H,22,24). The molecule has 0 unspecified atom stereocenters. The van der Waals surface area contributed by atoms with Crippen LogP contribution in [0.4, 0.5) is 0 Å². The van der Waals surface area contributed by atoms with Crippen LogP contribution in [0.15, 0.2) is 60.7 Å². The molecule has 1 N–H and O–H groups in total. The van der Waals surface area contributed by atoms with Crippen molar-refractivity contribution in [2.45, 2.75) is 6.54 Å². The molecule has 0 aliphatic heterocycles. The number of carbonyl (C=O) groups excluding carboxylic acids is 2. The highest BCUT2D eigenvalue weighted by atomic mass is 32.1. The van der Waals surface area contributed by atoms with Crippen LogP contribution in [0.5, 0.6) is 11.5 Å². The molecular weight excluding hydrogens is 362 g/mol. The lowest BCUT2D eigenvalue weighted by Gasteiger charge is -2.12. The van der Waals surface area contributed by atoms with E-state index in [0.717, 1.165) is 4.88 Å². The van der Waals surface area contributed by atoms with Gasteiger partial charge in [-0.25, -0.2) is 0 Å². The Kier molecular flexibility index (Phi) is 5.88. The van der Waals surface area contributed by atoms with E-state index in [1.165, 1.54) is 25.6 Å². The predicted octanol–water partition coefficient (Wildman–Crippen LogP) is 3.93. The number of nitrogens with one attached hydrogen (secondary N) is 1. The summed E-state index contributed by atoms with van der Waals surface area (Å²) in [6, 6.07) is 17.9. The Morgan fingerprint density at radius 1 is 0.926 bits per heavy atom. The van der Waals surface area contributed by atoms with Crippen LogP contribution in [0.2, 0.25) is 0 Å². The first kappa shape index (κ1) is 18.7. The lowest BCUT2D eigenvalue weighted by atomic mass is 10.1. The van der Waals surface area contributed by atoms with Gasteiger partial charge in [-0.05, 0) is 24.3 Å². The Hall–Kier alpha value is -3.12. The van der Waals surface area contributed by atoms with E-state index >= 15 is 0 Å². The van der Waals surface area contributed by atoms with Gasteiger partial charge in [0.1, 0.15) is 0 Å². The molecule has 3 rings (SSSR count). The summed E-state index contributed by atoms with van der Waals surface area (Å²) in [5.41, 5.74) is 1.05. The number of amides is 1. The first-order valence-corrected chi connectivity index (χ1v) is 9.13. The third kappa shape index (κ3) is 4.17. The van der Waals surface area contributed by atoms with Gasteiger partial charge in [0, 0.05) is 10.4 Å². The van der Waals surface area contributed by atoms with Gasteiger partial charge in [-0.15, -0.1) is 11.3 Å². The number of carbonyl (C=O) groups is 2. The number of para-hydroxylation sites is 1. The normalized spacial score (nSPS) is 10.3. The number of ketones is 1. The largest absolute Gasteiger partial charge is 0.493 e. The van der Waals surface area contributed by atoms with Crippen molar-refractivity contribution in [3.63, 3.8) is 0 Å². The SMILES string of the molecule is COc1cccc(C(=O)NCc2ccc(C(=O)c3ccccc3)s2)c1OC. The van der Waals surface area contributed by atoms with Gasteiger partial charge in [0.25, 0.3) is 5.91 Å². The van der Waals surface area contributed by atoms with E-state index in [-0.39, 0.29) is 11.7 Å². The average Bonchev–Trinajstić information content (AvgIpc) is 3.20. The van der Waals surface area contributed by atoms with E-state index in [2.05, 4.69) is 5.32 Å². The van der Waals surface area contributed by atoms with Crippen molar-refractivity contribution in [2.75, 3.05) is 14.2 Å². The molecular formula is C21H19NO4S. The van der Waals surface area contributed by atoms with Crippen molar-refractivity contribution < 1.29 is 19.1 Å². The fraction of sp³-hybridized carbons (Fsp3) is 0.143. The molecule has 0 radical (unpaired) electrons. The van der Waals surface area contributed by atoms with Gasteiger partial charge < -0.3 is 14.8 Å². The van der Waals surface area contributed by atoms with Gasteiger partial charge in [-0.2, -0.15) is 0 Å². The van der Waals surface area contributed by atoms with Crippen LogP contribution in [0.1, 0.15) is 30.5 Å². The van der Waals surface area contributed by atoms with Crippen LogP contribution in [0.3, 0.4) is 0 Å². The molecule has 0 spiro atoms. The average molecular weight is 381 g/mol. The molecule has 0 aliphatic carbocycles. The smallest absolute Gasteiger partial charge is 0.255 e. The Morgan fingerprint density at radius 2 is 1.70 bits per heavy atom. The third-order valence-electron chi connectivity index (χ3n) is 3.99. The third-order valence-corrected chi connectivity index (χ3v) is 5.08. The summed E-state index contributed by atoms with van der Waals surface area (Å²) in [6.45, 7) is 0.325. The highest BCUT2D eigenvalue weighted by Gasteiger charge is 2.17. The number of benzene rings is 2. The highest BCUT2D eigenvalue weighted by molar-refractivity contribution is 7.14. The fourth-order valence-corrected chi connectivity index (χ4v) is 3.56. The second-order valence-corrected chi connectivity index (χ2v) is 6.85. The lowest BCUT2D eigenvalue weighted by Crippen LogP contribution is -2.23. The van der Waals surface area contributed by atoms with Crippen molar-refractivity contribution in [3.8, 4) is 11.5 Å². The molecule has 1 heterocycles. The number of thiophene rings is 1. The van der Waals surface area contributed by atoms with Gasteiger partial charge in [0.15, 0.2) is 11.5 Å². The second-order valence-electron chi connectivity index (χ2n) is 5.68. The summed E-state index contributed by atoms with van der Waals surface area (Å²) in [5.74, 6) is 0.600. The first-order chi connectivity index (χ1) is 13.1. The molecule has 0 saturated heterocycles. The minimum atomic E-state index is -0.268. The molecule has 6 heteroatoms. The van der Waals surface area contributed by atoms with Crippen LogP contribution >= 0.6 is 11.3 Å². The van der Waals surface area contributed by atoms with Crippen LogP contribution in [0.25, 0.3) is 0 Å². The van der Waals surface area contributed by atoms with Gasteiger partial charge in [0.2, 0.25) is 5.78 Å². The van der Waals surface area contributed by atoms with E-state index in [4.69, 9.17) is 9.47 Å². The molecule has 0 aliphatic rings. The van der Waals surface area contributed by atoms with Gasteiger partial charge in [-0.1, -0.05) is 36.4 Å². The second kappa shape index (κ2) is 8.51. The summed E-state index contributed by atoms with van der Waals surface area (Å²) in [6.07, 6.45) is 0. The maximum absolute atomic E-state index is 12.5. The molecule has 138 valence electrons. The molecule has 3 aromatic rings. The topological polar surface area (TPSA) is 64.6 Å². The summed E-state index contributed by atoms with van der Waals surface area (Å²) < 4.78 is 10.5. The minimum Gasteiger partial charge on any atom is -0.493 e. The molecule has 0 fully saturated rings. The van der Waals surface area contributed by atoms with Crippen molar-refractivity contribution in [3.05, 3.63) is 81.5 Å². The summed E-state index contributed by atoms with van der Waals surface area (Å²) in [5, 5.41) is 2.86. The van der Waals surface area contributed by atoms with Crippen LogP contribution in [0, 0.1) is 0 Å². The van der Waals surface area contributed by atoms with Crippen molar-refractivity contribution in [2.24, 2.45) is 0 Å². The molecule has 0 saturated carbocycles. The number of methoxy groups -OCH3 is 2. The zero-order valence-corrected chi connectivity index (χ0v) is 15.8. The quantitative estimate of drug-likeness (QED) is 0.630. The Morgan fingerprint density at radius 3 is 2.41 bits per heavy atom. The summed E-state index contributed by atoms with van der Waals surface area (Å²) in [4.78, 5) is 26.5. The van der Waals surface area contributed by atoms with Crippen molar-refractivity contribution >= 4 is 23.0 Å². The Labute approximate surface area is 161 Å². The minimum absolute atomic E-state index is 0.0207. The summed E-state index contributed by atoms with van der Waals surface area (Å²) in [7, 11) is 3.02. The van der Waals surface area contributed by atoms with Gasteiger partial charge >= 0.3 is 0 Å². The molecule has 1 amide bonds. The zero-order valence-electron chi connectivity index (χ0n) is 15.0. The van der Waals surface area contributed by atoms with E-state index in [1.54, 1.807) is 36.4 Å². The Balaban J connectivity index is 1.69. The van der Waals surface area contributed by atoms with Crippen molar-refractivity contribution in [1.29, 1.82) is 0 Å². The Bertz CT molecular complexity index is 950. The maximum Gasteiger partial charge on any atom is 0.255 e. The highest BCUT2D eigenvalue weighted by Crippen LogP contribution is 2.30. The molecule has 0 bridgehead atoms. The van der Waals surface area contributed by atoms with Crippen LogP contribution in [-0.4, -0.2) is 25.9 Å². The number of ether oxygens (including phenoxy) is 2. The maximum atomic E-state index is 12.5. The van der Waals surface area contributed by atoms with E-state index in [0.29, 0.717) is 34.0 Å². The van der Waals surface area contributed by atoms with Gasteiger partial charge in [0.05, 0.1) is 31.2 Å². The number of rotatable bonds is 7. The van der Waals surface area contributed by atoms with E-state index in [1.807, 2.05) is 24.3 Å². The molecule has 27 heavy (non-hydrogen) atoms. The predicted molar refractivity (Wildman–Crippen MR) is 105 cm³/mol. The summed E-state index contributed by atoms with van der Waals surface area (Å²) >= 11 is 1.37. The molecule has 1 aromatic heterocycles. The van der Waals surface area contributed by atoms with Crippen LogP contribution < -0.4 is 14.8 Å². The fourth-order valence-electron chi connectivity index (χ4n) is 2.66. The van der Waals surface area contributed by atoms with E-state index in [9.17, 15) is 9.59 Å². The van der Waals surface area contributed by atoms with Crippen molar-refractivity contribution in [1.82, 2.24) is 5.32 Å². The number of hydrogen-bond acceptors (Lipinski definition) is 5. The van der Waals surface area contributed by atoms with E-state index < -0.39 is 0 Å². The van der Waals surface area contributed by atoms with Crippen LogP contribution in [-0.2, 0) is 6.54 Å². The molecule has 0 atom stereocenters. The first-order valence-electron chi connectivity index (χ1n) is 8.31. The molecule has 2 aromatic carbocycles. The monoisotopic (exact) mass is 381 g/mol. The zero-order chi connectivity index (χ0) is 19.2. The number of hydrogen-bond donors (Lipinski definition) is 1. The van der Waals surface area contributed by atoms with Gasteiger partial charge in [-0.3, -0.25) is 9.59 Å². The lowest BCUT2D eigenvalue weighted by molar-refractivity contribution is 0.0947.